The molecule has 0 saturated carbocycles. The van der Waals surface area contributed by atoms with E-state index in [-0.39, 0.29) is 4.47 Å². The van der Waals surface area contributed by atoms with E-state index in [1.807, 2.05) is 0 Å². The van der Waals surface area contributed by atoms with Gasteiger partial charge < -0.3 is 10.2 Å². The third-order valence-corrected chi connectivity index (χ3v) is 2.06. The lowest BCUT2D eigenvalue weighted by Gasteiger charge is -2.00. The Labute approximate surface area is 87.6 Å². The molecule has 1 rings (SSSR count). The Morgan fingerprint density at radius 1 is 1.50 bits per heavy atom. The minimum Gasteiger partial charge on any atom is -0.504 e. The lowest BCUT2D eigenvalue weighted by atomic mass is 10.2. The van der Waals surface area contributed by atoms with Crippen molar-refractivity contribution in [3.05, 3.63) is 34.1 Å². The van der Waals surface area contributed by atoms with Gasteiger partial charge in [-0.2, -0.15) is 0 Å². The molecule has 1 aromatic rings. The number of carboxylic acids is 1. The number of carboxylic acid groups (broad SMARTS) is 1. The standard InChI is InChI=1S/C9H6BrFO3/c10-6-3-5(1-2-8(12)13)4-7(11)9(6)14/h1-4,14H,(H,12,13)/b2-1+. The lowest BCUT2D eigenvalue weighted by Crippen LogP contribution is -1.86. The summed E-state index contributed by atoms with van der Waals surface area (Å²) in [7, 11) is 0. The van der Waals surface area contributed by atoms with Crippen molar-refractivity contribution in [2.75, 3.05) is 0 Å². The summed E-state index contributed by atoms with van der Waals surface area (Å²) in [4.78, 5) is 10.2. The highest BCUT2D eigenvalue weighted by Crippen LogP contribution is 2.28. The van der Waals surface area contributed by atoms with E-state index < -0.39 is 17.5 Å². The zero-order chi connectivity index (χ0) is 10.7. The van der Waals surface area contributed by atoms with Gasteiger partial charge in [-0.15, -0.1) is 0 Å². The smallest absolute Gasteiger partial charge is 0.328 e. The predicted molar refractivity (Wildman–Crippen MR) is 52.4 cm³/mol. The van der Waals surface area contributed by atoms with Crippen molar-refractivity contribution in [2.24, 2.45) is 0 Å². The van der Waals surface area contributed by atoms with Crippen LogP contribution in [0.1, 0.15) is 5.56 Å². The molecule has 14 heavy (non-hydrogen) atoms. The van der Waals surface area contributed by atoms with Crippen LogP contribution in [0.4, 0.5) is 4.39 Å². The van der Waals surface area contributed by atoms with E-state index >= 15 is 0 Å². The van der Waals surface area contributed by atoms with E-state index in [1.165, 1.54) is 12.1 Å². The molecule has 0 fully saturated rings. The molecule has 0 unspecified atom stereocenters. The molecular weight excluding hydrogens is 255 g/mol. The summed E-state index contributed by atoms with van der Waals surface area (Å²) >= 11 is 2.93. The van der Waals surface area contributed by atoms with Gasteiger partial charge in [-0.3, -0.25) is 0 Å². The predicted octanol–water partition coefficient (Wildman–Crippen LogP) is 2.39. The Balaban J connectivity index is 3.07. The van der Waals surface area contributed by atoms with Crippen LogP contribution in [0.5, 0.6) is 5.75 Å². The molecule has 74 valence electrons. The fraction of sp³-hybridized carbons (Fsp3) is 0. The van der Waals surface area contributed by atoms with Gasteiger partial charge in [-0.1, -0.05) is 0 Å². The summed E-state index contributed by atoms with van der Waals surface area (Å²) in [5, 5.41) is 17.4. The molecule has 0 amide bonds. The second-order valence-electron chi connectivity index (χ2n) is 2.50. The van der Waals surface area contributed by atoms with Gasteiger partial charge in [-0.05, 0) is 39.7 Å². The Bertz CT molecular complexity index is 378. The van der Waals surface area contributed by atoms with Gasteiger partial charge in [0.1, 0.15) is 0 Å². The van der Waals surface area contributed by atoms with E-state index in [9.17, 15) is 9.18 Å². The Morgan fingerprint density at radius 3 is 2.64 bits per heavy atom. The molecule has 0 bridgehead atoms. The molecule has 5 heteroatoms. The van der Waals surface area contributed by atoms with Gasteiger partial charge in [0.05, 0.1) is 4.47 Å². The Kier molecular flexibility index (Phi) is 3.24. The lowest BCUT2D eigenvalue weighted by molar-refractivity contribution is -0.131. The van der Waals surface area contributed by atoms with Crippen LogP contribution < -0.4 is 0 Å². The molecule has 0 aliphatic heterocycles. The van der Waals surface area contributed by atoms with Crippen molar-refractivity contribution < 1.29 is 19.4 Å². The second kappa shape index (κ2) is 4.23. The number of aliphatic carboxylic acids is 1. The van der Waals surface area contributed by atoms with Crippen molar-refractivity contribution in [3.8, 4) is 5.75 Å². The van der Waals surface area contributed by atoms with Gasteiger partial charge in [0.2, 0.25) is 0 Å². The van der Waals surface area contributed by atoms with Crippen molar-refractivity contribution >= 4 is 28.0 Å². The average Bonchev–Trinajstić information content (AvgIpc) is 2.10. The van der Waals surface area contributed by atoms with Crippen molar-refractivity contribution in [2.45, 2.75) is 0 Å². The molecule has 0 spiro atoms. The number of carbonyl (C=O) groups is 1. The number of halogens is 2. The van der Waals surface area contributed by atoms with Crippen molar-refractivity contribution in [3.63, 3.8) is 0 Å². The largest absolute Gasteiger partial charge is 0.504 e. The Hall–Kier alpha value is -1.36. The third kappa shape index (κ3) is 2.56. The maximum Gasteiger partial charge on any atom is 0.328 e. The highest BCUT2D eigenvalue weighted by atomic mass is 79.9. The number of hydrogen-bond acceptors (Lipinski definition) is 2. The first kappa shape index (κ1) is 10.7. The number of phenols is 1. The molecule has 0 heterocycles. The fourth-order valence-corrected chi connectivity index (χ4v) is 1.30. The summed E-state index contributed by atoms with van der Waals surface area (Å²) in [6.45, 7) is 0. The zero-order valence-corrected chi connectivity index (χ0v) is 8.45. The first-order valence-electron chi connectivity index (χ1n) is 3.59. The zero-order valence-electron chi connectivity index (χ0n) is 6.87. The topological polar surface area (TPSA) is 57.5 Å². The molecule has 2 N–H and O–H groups in total. The van der Waals surface area contributed by atoms with Crippen molar-refractivity contribution in [1.29, 1.82) is 0 Å². The minimum atomic E-state index is -1.12. The summed E-state index contributed by atoms with van der Waals surface area (Å²) < 4.78 is 13.1. The van der Waals surface area contributed by atoms with E-state index in [4.69, 9.17) is 10.2 Å². The van der Waals surface area contributed by atoms with Gasteiger partial charge in [-0.25, -0.2) is 9.18 Å². The SMILES string of the molecule is O=C(O)/C=C/c1cc(F)c(O)c(Br)c1. The molecule has 0 aromatic heterocycles. The third-order valence-electron chi connectivity index (χ3n) is 1.46. The Morgan fingerprint density at radius 2 is 2.14 bits per heavy atom. The summed E-state index contributed by atoms with van der Waals surface area (Å²) in [5.41, 5.74) is 0.356. The number of rotatable bonds is 2. The summed E-state index contributed by atoms with van der Waals surface area (Å²) in [6, 6.07) is 2.46. The second-order valence-corrected chi connectivity index (χ2v) is 3.36. The average molecular weight is 261 g/mol. The normalized spacial score (nSPS) is 10.7. The maximum absolute atomic E-state index is 12.9. The van der Waals surface area contributed by atoms with E-state index in [2.05, 4.69) is 15.9 Å². The van der Waals surface area contributed by atoms with Gasteiger partial charge in [0.15, 0.2) is 11.6 Å². The van der Waals surface area contributed by atoms with Crippen LogP contribution in [-0.4, -0.2) is 16.2 Å². The van der Waals surface area contributed by atoms with Crippen LogP contribution >= 0.6 is 15.9 Å². The molecule has 0 atom stereocenters. The van der Waals surface area contributed by atoms with Crippen LogP contribution in [0.2, 0.25) is 0 Å². The molecule has 0 radical (unpaired) electrons. The highest BCUT2D eigenvalue weighted by Gasteiger charge is 2.05. The van der Waals surface area contributed by atoms with Crippen LogP contribution in [0.3, 0.4) is 0 Å². The van der Waals surface area contributed by atoms with Gasteiger partial charge in [0.25, 0.3) is 0 Å². The molecule has 3 nitrogen and oxygen atoms in total. The number of benzene rings is 1. The van der Waals surface area contributed by atoms with E-state index in [0.717, 1.165) is 12.1 Å². The minimum absolute atomic E-state index is 0.183. The van der Waals surface area contributed by atoms with Crippen molar-refractivity contribution in [1.82, 2.24) is 0 Å². The highest BCUT2D eigenvalue weighted by molar-refractivity contribution is 9.10. The maximum atomic E-state index is 12.9. The van der Waals surface area contributed by atoms with E-state index in [1.54, 1.807) is 0 Å². The molecule has 0 aliphatic rings. The molecular formula is C9H6BrFO3. The van der Waals surface area contributed by atoms with Gasteiger partial charge in [0, 0.05) is 6.08 Å². The molecule has 0 aliphatic carbocycles. The molecule has 0 saturated heterocycles. The van der Waals surface area contributed by atoms with Crippen LogP contribution in [0, 0.1) is 5.82 Å². The van der Waals surface area contributed by atoms with Crippen LogP contribution in [0.25, 0.3) is 6.08 Å². The summed E-state index contributed by atoms with van der Waals surface area (Å²) in [6.07, 6.45) is 2.12. The molecule has 1 aromatic carbocycles. The summed E-state index contributed by atoms with van der Waals surface area (Å²) in [5.74, 6) is -2.41. The van der Waals surface area contributed by atoms with Crippen LogP contribution in [0.15, 0.2) is 22.7 Å². The number of hydrogen-bond donors (Lipinski definition) is 2. The fourth-order valence-electron chi connectivity index (χ4n) is 0.849. The van der Waals surface area contributed by atoms with E-state index in [0.29, 0.717) is 5.56 Å². The number of aromatic hydroxyl groups is 1. The van der Waals surface area contributed by atoms with Crippen LogP contribution in [-0.2, 0) is 4.79 Å². The first-order chi connectivity index (χ1) is 6.50. The number of phenolic OH excluding ortho intramolecular Hbond substituents is 1. The first-order valence-corrected chi connectivity index (χ1v) is 4.39. The monoisotopic (exact) mass is 260 g/mol. The quantitative estimate of drug-likeness (QED) is 0.803. The van der Waals surface area contributed by atoms with Gasteiger partial charge >= 0.3 is 5.97 Å².